The van der Waals surface area contributed by atoms with E-state index in [0.29, 0.717) is 6.10 Å². The average molecular weight is 318 g/mol. The van der Waals surface area contributed by atoms with Crippen molar-refractivity contribution in [1.29, 1.82) is 0 Å². The lowest BCUT2D eigenvalue weighted by Crippen LogP contribution is -2.56. The fraction of sp³-hybridized carbons (Fsp3) is 0.737. The number of ether oxygens (including phenoxy) is 2. The van der Waals surface area contributed by atoms with Crippen LogP contribution in [-0.2, 0) is 16.0 Å². The van der Waals surface area contributed by atoms with Crippen LogP contribution < -0.4 is 0 Å². The number of fused-ring (bicyclic) bond motifs is 1. The smallest absolute Gasteiger partial charge is 0.0677 e. The molecule has 2 aliphatic heterocycles. The van der Waals surface area contributed by atoms with Gasteiger partial charge in [0.2, 0.25) is 0 Å². The maximum absolute atomic E-state index is 6.11. The molecule has 0 unspecified atom stereocenters. The highest BCUT2D eigenvalue weighted by molar-refractivity contribution is 5.10. The van der Waals surface area contributed by atoms with Gasteiger partial charge in [-0.25, -0.2) is 0 Å². The second kappa shape index (κ2) is 7.29. The van der Waals surface area contributed by atoms with Crippen molar-refractivity contribution in [2.45, 2.75) is 58.8 Å². The van der Waals surface area contributed by atoms with Crippen molar-refractivity contribution in [3.63, 3.8) is 0 Å². The lowest BCUT2D eigenvalue weighted by atomic mass is 9.73. The van der Waals surface area contributed by atoms with Crippen molar-refractivity contribution >= 4 is 0 Å². The molecule has 0 amide bonds. The van der Waals surface area contributed by atoms with E-state index in [1.807, 2.05) is 0 Å². The Labute approximate surface area is 140 Å². The van der Waals surface area contributed by atoms with Gasteiger partial charge in [0.15, 0.2) is 0 Å². The van der Waals surface area contributed by atoms with E-state index in [4.69, 9.17) is 9.47 Å². The van der Waals surface area contributed by atoms with Crippen LogP contribution in [0, 0.1) is 12.3 Å². The number of aromatic nitrogens is 1. The van der Waals surface area contributed by atoms with Gasteiger partial charge >= 0.3 is 0 Å². The number of aryl methyl sites for hydroxylation is 1. The van der Waals surface area contributed by atoms with Crippen LogP contribution in [0.25, 0.3) is 0 Å². The van der Waals surface area contributed by atoms with E-state index in [2.05, 4.69) is 48.9 Å². The molecule has 0 bridgehead atoms. The Balaban J connectivity index is 1.69. The first-order chi connectivity index (χ1) is 11.1. The van der Waals surface area contributed by atoms with E-state index in [9.17, 15) is 0 Å². The number of piperidine rings is 1. The first-order valence-electron chi connectivity index (χ1n) is 8.95. The zero-order valence-electron chi connectivity index (χ0n) is 14.8. The van der Waals surface area contributed by atoms with Crippen molar-refractivity contribution in [2.24, 2.45) is 5.41 Å². The molecular weight excluding hydrogens is 288 g/mol. The van der Waals surface area contributed by atoms with E-state index in [1.54, 1.807) is 0 Å². The molecule has 0 saturated carbocycles. The summed E-state index contributed by atoms with van der Waals surface area (Å²) in [5.74, 6) is 0. The number of hydrogen-bond donors (Lipinski definition) is 0. The zero-order valence-corrected chi connectivity index (χ0v) is 14.8. The molecule has 2 aliphatic rings. The maximum atomic E-state index is 6.11. The van der Waals surface area contributed by atoms with Crippen LogP contribution in [-0.4, -0.2) is 48.4 Å². The van der Waals surface area contributed by atoms with Crippen molar-refractivity contribution in [3.8, 4) is 0 Å². The Bertz CT molecular complexity index is 520. The van der Waals surface area contributed by atoms with E-state index in [1.165, 1.54) is 12.1 Å². The monoisotopic (exact) mass is 318 g/mol. The Hall–Kier alpha value is -0.970. The summed E-state index contributed by atoms with van der Waals surface area (Å²) in [6.45, 7) is 11.1. The summed E-state index contributed by atoms with van der Waals surface area (Å²) >= 11 is 0. The van der Waals surface area contributed by atoms with Gasteiger partial charge in [0, 0.05) is 37.4 Å². The summed E-state index contributed by atoms with van der Waals surface area (Å²) in [5, 5.41) is 0. The lowest BCUT2D eigenvalue weighted by Gasteiger charge is -2.50. The van der Waals surface area contributed by atoms with Gasteiger partial charge in [0.05, 0.1) is 24.5 Å². The standard InChI is InChI=1S/C19H30N2O2/c1-15(2)23-14-19-9-5-11-22-18(19)8-10-21(13-19)12-17-7-4-6-16(3)20-17/h4,6-7,15,18H,5,8-14H2,1-3H3/t18-,19-/m1/s1. The fourth-order valence-electron chi connectivity index (χ4n) is 3.98. The molecule has 2 atom stereocenters. The molecule has 3 heterocycles. The molecule has 0 spiro atoms. The Morgan fingerprint density at radius 1 is 1.43 bits per heavy atom. The Kier molecular flexibility index (Phi) is 5.34. The first kappa shape index (κ1) is 16.9. The summed E-state index contributed by atoms with van der Waals surface area (Å²) in [6, 6.07) is 6.29. The summed E-state index contributed by atoms with van der Waals surface area (Å²) in [4.78, 5) is 7.20. The van der Waals surface area contributed by atoms with Gasteiger partial charge in [-0.1, -0.05) is 6.07 Å². The van der Waals surface area contributed by atoms with Gasteiger partial charge in [-0.15, -0.1) is 0 Å². The van der Waals surface area contributed by atoms with Crippen LogP contribution in [0.4, 0.5) is 0 Å². The minimum atomic E-state index is 0.157. The molecule has 0 aliphatic carbocycles. The summed E-state index contributed by atoms with van der Waals surface area (Å²) in [6.07, 6.45) is 4.10. The highest BCUT2D eigenvalue weighted by Gasteiger charge is 2.46. The molecular formula is C19H30N2O2. The normalized spacial score (nSPS) is 28.8. The minimum Gasteiger partial charge on any atom is -0.378 e. The average Bonchev–Trinajstić information content (AvgIpc) is 2.53. The Morgan fingerprint density at radius 3 is 3.09 bits per heavy atom. The number of pyridine rings is 1. The lowest BCUT2D eigenvalue weighted by molar-refractivity contribution is -0.159. The fourth-order valence-corrected chi connectivity index (χ4v) is 3.98. The predicted molar refractivity (Wildman–Crippen MR) is 91.4 cm³/mol. The molecule has 1 aromatic rings. The third-order valence-electron chi connectivity index (χ3n) is 5.10. The quantitative estimate of drug-likeness (QED) is 0.835. The van der Waals surface area contributed by atoms with Crippen LogP contribution in [0.2, 0.25) is 0 Å². The molecule has 1 aromatic heterocycles. The van der Waals surface area contributed by atoms with Crippen LogP contribution in [0.1, 0.15) is 44.5 Å². The SMILES string of the molecule is Cc1cccc(CN2CC[C@H]3OCCC[C@]3(COC(C)C)C2)n1. The molecule has 0 aromatic carbocycles. The molecule has 23 heavy (non-hydrogen) atoms. The third kappa shape index (κ3) is 4.11. The molecule has 4 heteroatoms. The number of hydrogen-bond acceptors (Lipinski definition) is 4. The maximum Gasteiger partial charge on any atom is 0.0677 e. The van der Waals surface area contributed by atoms with Gasteiger partial charge < -0.3 is 9.47 Å². The van der Waals surface area contributed by atoms with E-state index in [-0.39, 0.29) is 11.5 Å². The van der Waals surface area contributed by atoms with Crippen molar-refractivity contribution in [2.75, 3.05) is 26.3 Å². The number of rotatable bonds is 5. The van der Waals surface area contributed by atoms with Crippen molar-refractivity contribution in [3.05, 3.63) is 29.6 Å². The van der Waals surface area contributed by atoms with Crippen LogP contribution in [0.15, 0.2) is 18.2 Å². The molecule has 4 nitrogen and oxygen atoms in total. The molecule has 3 rings (SSSR count). The predicted octanol–water partition coefficient (Wildman–Crippen LogP) is 3.19. The number of nitrogens with zero attached hydrogens (tertiary/aromatic N) is 2. The largest absolute Gasteiger partial charge is 0.378 e. The summed E-state index contributed by atoms with van der Waals surface area (Å²) < 4.78 is 12.1. The second-order valence-corrected chi connectivity index (χ2v) is 7.45. The van der Waals surface area contributed by atoms with Gasteiger partial charge in [-0.05, 0) is 52.2 Å². The van der Waals surface area contributed by atoms with E-state index in [0.717, 1.165) is 51.4 Å². The molecule has 0 N–H and O–H groups in total. The molecule has 2 fully saturated rings. The van der Waals surface area contributed by atoms with Crippen LogP contribution >= 0.6 is 0 Å². The topological polar surface area (TPSA) is 34.6 Å². The van der Waals surface area contributed by atoms with Crippen LogP contribution in [0.3, 0.4) is 0 Å². The summed E-state index contributed by atoms with van der Waals surface area (Å²) in [5.41, 5.74) is 2.42. The highest BCUT2D eigenvalue weighted by atomic mass is 16.5. The van der Waals surface area contributed by atoms with Crippen LogP contribution in [0.5, 0.6) is 0 Å². The van der Waals surface area contributed by atoms with E-state index < -0.39 is 0 Å². The van der Waals surface area contributed by atoms with Crippen molar-refractivity contribution in [1.82, 2.24) is 9.88 Å². The molecule has 128 valence electrons. The first-order valence-corrected chi connectivity index (χ1v) is 8.95. The Morgan fingerprint density at radius 2 is 2.30 bits per heavy atom. The molecule has 0 radical (unpaired) electrons. The van der Waals surface area contributed by atoms with E-state index >= 15 is 0 Å². The third-order valence-corrected chi connectivity index (χ3v) is 5.10. The highest BCUT2D eigenvalue weighted by Crippen LogP contribution is 2.41. The number of likely N-dealkylation sites (tertiary alicyclic amines) is 1. The minimum absolute atomic E-state index is 0.157. The van der Waals surface area contributed by atoms with Crippen molar-refractivity contribution < 1.29 is 9.47 Å². The summed E-state index contributed by atoms with van der Waals surface area (Å²) in [7, 11) is 0. The van der Waals surface area contributed by atoms with Gasteiger partial charge in [0.1, 0.15) is 0 Å². The zero-order chi connectivity index (χ0) is 16.3. The second-order valence-electron chi connectivity index (χ2n) is 7.45. The van der Waals surface area contributed by atoms with Gasteiger partial charge in [-0.2, -0.15) is 0 Å². The van der Waals surface area contributed by atoms with Gasteiger partial charge in [0.25, 0.3) is 0 Å². The molecule has 2 saturated heterocycles. The van der Waals surface area contributed by atoms with Gasteiger partial charge in [-0.3, -0.25) is 9.88 Å².